The molecule has 0 fully saturated rings. The lowest BCUT2D eigenvalue weighted by atomic mass is 10.1. The van der Waals surface area contributed by atoms with Gasteiger partial charge in [-0.25, -0.2) is 13.9 Å². The van der Waals surface area contributed by atoms with Crippen LogP contribution >= 0.6 is 0 Å². The molecule has 6 nitrogen and oxygen atoms in total. The number of aromatic nitrogens is 3. The normalized spacial score (nSPS) is 10.5. The third-order valence-corrected chi connectivity index (χ3v) is 3.00. The minimum absolute atomic E-state index is 0.0756. The zero-order valence-electron chi connectivity index (χ0n) is 10.5. The molecule has 1 aromatic heterocycles. The van der Waals surface area contributed by atoms with Crippen LogP contribution in [0.3, 0.4) is 0 Å². The lowest BCUT2D eigenvalue weighted by Crippen LogP contribution is -2.01. The Balaban J connectivity index is 2.28. The predicted octanol–water partition coefficient (Wildman–Crippen LogP) is 2.13. The van der Waals surface area contributed by atoms with E-state index in [0.717, 1.165) is 6.07 Å². The van der Waals surface area contributed by atoms with E-state index in [1.165, 1.54) is 35.0 Å². The Hall–Kier alpha value is -3.27. The van der Waals surface area contributed by atoms with Crippen LogP contribution < -0.4 is 0 Å². The van der Waals surface area contributed by atoms with Crippen molar-refractivity contribution in [3.63, 3.8) is 0 Å². The molecule has 0 aliphatic carbocycles. The van der Waals surface area contributed by atoms with Crippen LogP contribution in [-0.4, -0.2) is 26.1 Å². The van der Waals surface area contributed by atoms with Gasteiger partial charge in [-0.15, -0.1) is 5.10 Å². The van der Waals surface area contributed by atoms with Crippen molar-refractivity contribution in [3.8, 4) is 11.8 Å². The number of halogens is 1. The first-order valence-electron chi connectivity index (χ1n) is 5.89. The summed E-state index contributed by atoms with van der Waals surface area (Å²) >= 11 is 0. The van der Waals surface area contributed by atoms with Gasteiger partial charge in [-0.3, -0.25) is 0 Å². The second kappa shape index (κ2) is 4.68. The average Bonchev–Trinajstić information content (AvgIpc) is 2.89. The molecular weight excluding hydrogens is 275 g/mol. The molecule has 0 saturated heterocycles. The van der Waals surface area contributed by atoms with Gasteiger partial charge in [0.15, 0.2) is 0 Å². The van der Waals surface area contributed by atoms with Gasteiger partial charge in [0.25, 0.3) is 0 Å². The number of carbonyl (C=O) groups is 1. The monoisotopic (exact) mass is 282 g/mol. The molecule has 0 aliphatic heterocycles. The van der Waals surface area contributed by atoms with Crippen LogP contribution in [-0.2, 0) is 0 Å². The quantitative estimate of drug-likeness (QED) is 0.777. The first kappa shape index (κ1) is 12.7. The third-order valence-electron chi connectivity index (χ3n) is 3.00. The maximum atomic E-state index is 13.2. The Kier molecular flexibility index (Phi) is 2.84. The Bertz CT molecular complexity index is 911. The molecule has 3 rings (SSSR count). The molecule has 7 heteroatoms. The lowest BCUT2D eigenvalue weighted by Gasteiger charge is -2.05. The van der Waals surface area contributed by atoms with Crippen LogP contribution in [0.4, 0.5) is 4.39 Å². The molecule has 0 bridgehead atoms. The van der Waals surface area contributed by atoms with Crippen LogP contribution in [0.25, 0.3) is 16.7 Å². The van der Waals surface area contributed by atoms with Crippen LogP contribution in [0, 0.1) is 17.1 Å². The Morgan fingerprint density at radius 1 is 1.29 bits per heavy atom. The van der Waals surface area contributed by atoms with Crippen molar-refractivity contribution in [2.45, 2.75) is 0 Å². The maximum Gasteiger partial charge on any atom is 0.335 e. The summed E-state index contributed by atoms with van der Waals surface area (Å²) in [5.41, 5.74) is 1.41. The highest BCUT2D eigenvalue weighted by molar-refractivity contribution is 5.92. The summed E-state index contributed by atoms with van der Waals surface area (Å²) in [6.07, 6.45) is 0. The second-order valence-electron chi connectivity index (χ2n) is 4.28. The van der Waals surface area contributed by atoms with E-state index in [2.05, 4.69) is 10.3 Å². The number of aromatic carboxylic acids is 1. The van der Waals surface area contributed by atoms with Gasteiger partial charge in [0.2, 0.25) is 0 Å². The minimum Gasteiger partial charge on any atom is -0.478 e. The van der Waals surface area contributed by atoms with Gasteiger partial charge in [0.05, 0.1) is 22.3 Å². The summed E-state index contributed by atoms with van der Waals surface area (Å²) in [4.78, 5) is 11.0. The van der Waals surface area contributed by atoms with E-state index in [1.54, 1.807) is 0 Å². The number of benzene rings is 2. The first-order chi connectivity index (χ1) is 10.1. The fraction of sp³-hybridized carbons (Fsp3) is 0. The van der Waals surface area contributed by atoms with E-state index < -0.39 is 11.8 Å². The van der Waals surface area contributed by atoms with Crippen molar-refractivity contribution in [2.24, 2.45) is 0 Å². The van der Waals surface area contributed by atoms with Crippen molar-refractivity contribution in [2.75, 3.05) is 0 Å². The summed E-state index contributed by atoms with van der Waals surface area (Å²) in [7, 11) is 0. The highest BCUT2D eigenvalue weighted by Crippen LogP contribution is 2.21. The lowest BCUT2D eigenvalue weighted by molar-refractivity contribution is 0.0697. The molecule has 2 aromatic carbocycles. The molecular formula is C14H7FN4O2. The van der Waals surface area contributed by atoms with Crippen molar-refractivity contribution in [1.82, 2.24) is 15.0 Å². The maximum absolute atomic E-state index is 13.2. The minimum atomic E-state index is -1.08. The van der Waals surface area contributed by atoms with Crippen molar-refractivity contribution in [3.05, 3.63) is 53.3 Å². The molecule has 0 amide bonds. The zero-order valence-corrected chi connectivity index (χ0v) is 10.5. The molecule has 0 unspecified atom stereocenters. The topological polar surface area (TPSA) is 91.8 Å². The first-order valence-corrected chi connectivity index (χ1v) is 5.89. The van der Waals surface area contributed by atoms with Crippen LogP contribution in [0.5, 0.6) is 0 Å². The van der Waals surface area contributed by atoms with E-state index >= 15 is 0 Å². The standard InChI is InChI=1S/C14H7FN4O2/c15-10-2-4-12(9(5-10)7-16)19-13-6-8(14(20)21)1-3-11(13)17-18-19/h1-6H,(H,20,21). The van der Waals surface area contributed by atoms with E-state index in [-0.39, 0.29) is 11.1 Å². The van der Waals surface area contributed by atoms with E-state index in [9.17, 15) is 9.18 Å². The zero-order chi connectivity index (χ0) is 15.0. The number of carboxylic acid groups (broad SMARTS) is 1. The third kappa shape index (κ3) is 2.08. The summed E-state index contributed by atoms with van der Waals surface area (Å²) in [5, 5.41) is 25.9. The summed E-state index contributed by atoms with van der Waals surface area (Å²) in [5.74, 6) is -1.62. The highest BCUT2D eigenvalue weighted by atomic mass is 19.1. The number of hydrogen-bond acceptors (Lipinski definition) is 4. The molecule has 0 atom stereocenters. The molecule has 1 heterocycles. The number of hydrogen-bond donors (Lipinski definition) is 1. The van der Waals surface area contributed by atoms with Crippen molar-refractivity contribution in [1.29, 1.82) is 5.26 Å². The smallest absolute Gasteiger partial charge is 0.335 e. The van der Waals surface area contributed by atoms with Crippen molar-refractivity contribution < 1.29 is 14.3 Å². The number of carboxylic acids is 1. The fourth-order valence-corrected chi connectivity index (χ4v) is 2.01. The summed E-state index contributed by atoms with van der Waals surface area (Å²) in [6, 6.07) is 9.91. The molecule has 1 N–H and O–H groups in total. The fourth-order valence-electron chi connectivity index (χ4n) is 2.01. The molecule has 0 spiro atoms. The van der Waals surface area contributed by atoms with Gasteiger partial charge in [0.1, 0.15) is 17.4 Å². The molecule has 3 aromatic rings. The van der Waals surface area contributed by atoms with Gasteiger partial charge in [-0.2, -0.15) is 5.26 Å². The summed E-state index contributed by atoms with van der Waals surface area (Å²) in [6.45, 7) is 0. The van der Waals surface area contributed by atoms with E-state index in [1.807, 2.05) is 6.07 Å². The SMILES string of the molecule is N#Cc1cc(F)ccc1-n1nnc2ccc(C(=O)O)cc21. The molecule has 21 heavy (non-hydrogen) atoms. The van der Waals surface area contributed by atoms with Crippen LogP contribution in [0.1, 0.15) is 15.9 Å². The number of nitrogens with zero attached hydrogens (tertiary/aromatic N) is 4. The number of rotatable bonds is 2. The predicted molar refractivity (Wildman–Crippen MR) is 70.5 cm³/mol. The largest absolute Gasteiger partial charge is 0.478 e. The van der Waals surface area contributed by atoms with Gasteiger partial charge in [-0.05, 0) is 36.4 Å². The molecule has 0 aliphatic rings. The number of fused-ring (bicyclic) bond motifs is 1. The van der Waals surface area contributed by atoms with Crippen LogP contribution in [0.2, 0.25) is 0 Å². The van der Waals surface area contributed by atoms with Crippen LogP contribution in [0.15, 0.2) is 36.4 Å². The van der Waals surface area contributed by atoms with E-state index in [0.29, 0.717) is 16.7 Å². The average molecular weight is 282 g/mol. The van der Waals surface area contributed by atoms with Gasteiger partial charge in [-0.1, -0.05) is 5.21 Å². The van der Waals surface area contributed by atoms with E-state index in [4.69, 9.17) is 10.4 Å². The Labute approximate surface area is 117 Å². The van der Waals surface area contributed by atoms with Gasteiger partial charge >= 0.3 is 5.97 Å². The molecule has 102 valence electrons. The second-order valence-corrected chi connectivity index (χ2v) is 4.28. The van der Waals surface area contributed by atoms with Gasteiger partial charge in [0, 0.05) is 0 Å². The Morgan fingerprint density at radius 3 is 2.81 bits per heavy atom. The highest BCUT2D eigenvalue weighted by Gasteiger charge is 2.13. The molecule has 0 saturated carbocycles. The summed E-state index contributed by atoms with van der Waals surface area (Å²) < 4.78 is 14.5. The number of nitriles is 1. The van der Waals surface area contributed by atoms with Gasteiger partial charge < -0.3 is 5.11 Å². The van der Waals surface area contributed by atoms with Crippen molar-refractivity contribution >= 4 is 17.0 Å². The molecule has 0 radical (unpaired) electrons. The Morgan fingerprint density at radius 2 is 2.10 bits per heavy atom.